The van der Waals surface area contributed by atoms with Crippen LogP contribution >= 0.6 is 7.92 Å². The van der Waals surface area contributed by atoms with E-state index in [9.17, 15) is 9.90 Å². The smallest absolute Gasteiger partial charge is 0.0721 e. The third kappa shape index (κ3) is 3.65. The van der Waals surface area contributed by atoms with E-state index in [-0.39, 0.29) is 11.7 Å². The van der Waals surface area contributed by atoms with Crippen molar-refractivity contribution in [2.24, 2.45) is 0 Å². The zero-order chi connectivity index (χ0) is 15.4. The average molecular weight is 323 g/mol. The Balaban J connectivity index is 0.00000192. The molecule has 0 saturated carbocycles. The molecule has 0 aliphatic heterocycles. The zero-order valence-electron chi connectivity index (χ0n) is 12.8. The largest absolute Gasteiger partial charge is 0.545 e. The second-order valence-electron chi connectivity index (χ2n) is 4.81. The lowest BCUT2D eigenvalue weighted by atomic mass is 10.2. The summed E-state index contributed by atoms with van der Waals surface area (Å²) in [5.74, 6) is -1.13. The normalized spacial score (nSPS) is 10.1. The first-order valence-electron chi connectivity index (χ1n) is 6.98. The molecule has 0 aliphatic rings. The maximum absolute atomic E-state index is 11.5. The van der Waals surface area contributed by atoms with Crippen LogP contribution in [0.2, 0.25) is 0 Å². The van der Waals surface area contributed by atoms with Crippen molar-refractivity contribution < 1.29 is 9.90 Å². The molecule has 0 bridgehead atoms. The summed E-state index contributed by atoms with van der Waals surface area (Å²) < 4.78 is 0. The molecule has 3 aromatic rings. The summed E-state index contributed by atoms with van der Waals surface area (Å²) in [5, 5.41) is 14.5. The second kappa shape index (κ2) is 7.68. The molecular weight excluding hydrogens is 305 g/mol. The van der Waals surface area contributed by atoms with Crippen LogP contribution in [0.5, 0.6) is 0 Å². The summed E-state index contributed by atoms with van der Waals surface area (Å²) in [6.45, 7) is 0. The summed E-state index contributed by atoms with van der Waals surface area (Å²) in [4.78, 5) is 11.5. The van der Waals surface area contributed by atoms with Gasteiger partial charge in [-0.25, -0.2) is 0 Å². The van der Waals surface area contributed by atoms with Gasteiger partial charge in [-0.05, 0) is 23.8 Å². The van der Waals surface area contributed by atoms with E-state index >= 15 is 0 Å². The van der Waals surface area contributed by atoms with Gasteiger partial charge in [-0.2, -0.15) is 0 Å². The van der Waals surface area contributed by atoms with Crippen LogP contribution in [0.4, 0.5) is 0 Å². The number of carboxylic acid groups (broad SMARTS) is 1. The molecule has 0 radical (unpaired) electrons. The van der Waals surface area contributed by atoms with Gasteiger partial charge in [-0.3, -0.25) is 0 Å². The minimum atomic E-state index is -1.13. The van der Waals surface area contributed by atoms with E-state index in [4.69, 9.17) is 0 Å². The van der Waals surface area contributed by atoms with Crippen molar-refractivity contribution in [3.63, 3.8) is 0 Å². The van der Waals surface area contributed by atoms with Gasteiger partial charge in [0.25, 0.3) is 0 Å². The van der Waals surface area contributed by atoms with Crippen LogP contribution in [0.15, 0.2) is 84.9 Å². The molecule has 3 aromatic carbocycles. The molecule has 0 spiro atoms. The van der Waals surface area contributed by atoms with E-state index < -0.39 is 13.9 Å². The quantitative estimate of drug-likeness (QED) is 0.747. The Morgan fingerprint density at radius 2 is 1.13 bits per heavy atom. The lowest BCUT2D eigenvalue weighted by Gasteiger charge is -2.22. The van der Waals surface area contributed by atoms with Crippen molar-refractivity contribution >= 4 is 29.8 Å². The molecule has 0 fully saturated rings. The van der Waals surface area contributed by atoms with Crippen LogP contribution in [0.25, 0.3) is 0 Å². The summed E-state index contributed by atoms with van der Waals surface area (Å²) in [7, 11) is -0.920. The van der Waals surface area contributed by atoms with Crippen molar-refractivity contribution in [1.29, 1.82) is 0 Å². The minimum absolute atomic E-state index is 0. The predicted octanol–water partition coefficient (Wildman–Crippen LogP) is 2.18. The Morgan fingerprint density at radius 3 is 1.61 bits per heavy atom. The van der Waals surface area contributed by atoms with Gasteiger partial charge in [0.2, 0.25) is 0 Å². The van der Waals surface area contributed by atoms with E-state index in [1.54, 1.807) is 12.1 Å². The maximum Gasteiger partial charge on any atom is 0.0721 e. The summed E-state index contributed by atoms with van der Waals surface area (Å²) in [6.07, 6.45) is 0. The molecule has 0 aromatic heterocycles. The van der Waals surface area contributed by atoms with Gasteiger partial charge in [-0.15, -0.1) is 0 Å². The number of quaternary nitrogens is 1. The van der Waals surface area contributed by atoms with Gasteiger partial charge < -0.3 is 16.1 Å². The fourth-order valence-corrected chi connectivity index (χ4v) is 4.86. The fraction of sp³-hybridized carbons (Fsp3) is 0. The SMILES string of the molecule is O=C([O-])c1ccccc1P(c1ccccc1)c1ccccc1.[NH4+]. The number of rotatable bonds is 4. The van der Waals surface area contributed by atoms with E-state index in [0.717, 1.165) is 15.9 Å². The first kappa shape index (κ1) is 16.9. The van der Waals surface area contributed by atoms with Gasteiger partial charge >= 0.3 is 0 Å². The highest BCUT2D eigenvalue weighted by Crippen LogP contribution is 2.33. The Bertz CT molecular complexity index is 736. The van der Waals surface area contributed by atoms with E-state index in [0.29, 0.717) is 0 Å². The predicted molar refractivity (Wildman–Crippen MR) is 95.5 cm³/mol. The lowest BCUT2D eigenvalue weighted by molar-refractivity contribution is -0.254. The average Bonchev–Trinajstić information content (AvgIpc) is 2.57. The van der Waals surface area contributed by atoms with Crippen LogP contribution < -0.4 is 27.2 Å². The number of aromatic carboxylic acids is 1. The molecule has 0 amide bonds. The van der Waals surface area contributed by atoms with E-state index in [2.05, 4.69) is 0 Å². The van der Waals surface area contributed by atoms with Crippen molar-refractivity contribution in [2.75, 3.05) is 0 Å². The lowest BCUT2D eigenvalue weighted by Crippen LogP contribution is -2.31. The number of benzene rings is 3. The van der Waals surface area contributed by atoms with Crippen molar-refractivity contribution in [1.82, 2.24) is 6.15 Å². The van der Waals surface area contributed by atoms with E-state index in [1.807, 2.05) is 72.8 Å². The monoisotopic (exact) mass is 323 g/mol. The molecular formula is C19H18NO2P. The van der Waals surface area contributed by atoms with Crippen molar-refractivity contribution in [3.05, 3.63) is 90.5 Å². The highest BCUT2D eigenvalue weighted by molar-refractivity contribution is 7.80. The third-order valence-electron chi connectivity index (χ3n) is 3.39. The van der Waals surface area contributed by atoms with E-state index in [1.165, 1.54) is 0 Å². The molecule has 4 heteroatoms. The van der Waals surface area contributed by atoms with Gasteiger partial charge in [0, 0.05) is 5.56 Å². The van der Waals surface area contributed by atoms with Crippen LogP contribution in [-0.2, 0) is 0 Å². The molecule has 23 heavy (non-hydrogen) atoms. The standard InChI is InChI=1S/C19H15O2P.H3N/c20-19(21)17-13-7-8-14-18(17)22(15-9-3-1-4-10-15)16-11-5-2-6-12-16;/h1-14H,(H,20,21);1H3. The molecule has 3 rings (SSSR count). The topological polar surface area (TPSA) is 76.6 Å². The molecule has 0 unspecified atom stereocenters. The summed E-state index contributed by atoms with van der Waals surface area (Å²) in [6, 6.07) is 27.2. The number of carbonyl (C=O) groups excluding carboxylic acids is 1. The molecule has 0 aliphatic carbocycles. The highest BCUT2D eigenvalue weighted by atomic mass is 31.1. The zero-order valence-corrected chi connectivity index (χ0v) is 13.7. The van der Waals surface area contributed by atoms with Gasteiger partial charge in [0.15, 0.2) is 0 Å². The van der Waals surface area contributed by atoms with Gasteiger partial charge in [0.1, 0.15) is 0 Å². The highest BCUT2D eigenvalue weighted by Gasteiger charge is 2.19. The number of carboxylic acids is 1. The summed E-state index contributed by atoms with van der Waals surface area (Å²) >= 11 is 0. The van der Waals surface area contributed by atoms with Gasteiger partial charge in [0.05, 0.1) is 5.97 Å². The number of hydrogen-bond donors (Lipinski definition) is 1. The van der Waals surface area contributed by atoms with Crippen molar-refractivity contribution in [2.45, 2.75) is 0 Å². The summed E-state index contributed by atoms with van der Waals surface area (Å²) in [5.41, 5.74) is 0.265. The Hall–Kier alpha value is -2.48. The van der Waals surface area contributed by atoms with Gasteiger partial charge in [-0.1, -0.05) is 84.9 Å². The minimum Gasteiger partial charge on any atom is -0.545 e. The Morgan fingerprint density at radius 1 is 0.696 bits per heavy atom. The van der Waals surface area contributed by atoms with Crippen molar-refractivity contribution in [3.8, 4) is 0 Å². The Labute approximate surface area is 137 Å². The second-order valence-corrected chi connectivity index (χ2v) is 7.00. The van der Waals surface area contributed by atoms with Crippen LogP contribution in [-0.4, -0.2) is 5.97 Å². The third-order valence-corrected chi connectivity index (χ3v) is 5.89. The maximum atomic E-state index is 11.5. The molecule has 4 N–H and O–H groups in total. The van der Waals surface area contributed by atoms with Crippen LogP contribution in [0.1, 0.15) is 10.4 Å². The number of carbonyl (C=O) groups is 1. The first-order valence-corrected chi connectivity index (χ1v) is 8.32. The molecule has 0 atom stereocenters. The number of hydrogen-bond acceptors (Lipinski definition) is 2. The first-order chi connectivity index (χ1) is 10.8. The molecule has 0 heterocycles. The molecule has 116 valence electrons. The van der Waals surface area contributed by atoms with Crippen LogP contribution in [0, 0.1) is 0 Å². The molecule has 3 nitrogen and oxygen atoms in total. The Kier molecular flexibility index (Phi) is 5.64. The van der Waals surface area contributed by atoms with Crippen LogP contribution in [0.3, 0.4) is 0 Å². The fourth-order valence-electron chi connectivity index (χ4n) is 2.42. The molecule has 0 saturated heterocycles.